The van der Waals surface area contributed by atoms with E-state index < -0.39 is 0 Å². The lowest BCUT2D eigenvalue weighted by atomic mass is 10.1. The molecule has 0 amide bonds. The number of aromatic nitrogens is 1. The summed E-state index contributed by atoms with van der Waals surface area (Å²) in [4.78, 5) is 4.37. The van der Waals surface area contributed by atoms with Gasteiger partial charge in [0.1, 0.15) is 0 Å². The van der Waals surface area contributed by atoms with E-state index in [-0.39, 0.29) is 12.6 Å². The lowest BCUT2D eigenvalue weighted by molar-refractivity contribution is 0.251. The fourth-order valence-corrected chi connectivity index (χ4v) is 1.66. The van der Waals surface area contributed by atoms with E-state index >= 15 is 0 Å². The number of benzene rings is 1. The summed E-state index contributed by atoms with van der Waals surface area (Å²) in [5.74, 6) is 0. The molecule has 2 aromatic rings. The summed E-state index contributed by atoms with van der Waals surface area (Å²) in [6.45, 7) is 2.78. The number of hydrogen-bond acceptors (Lipinski definition) is 3. The number of nitrogens with zero attached hydrogens (tertiary/aromatic N) is 1. The molecule has 1 aromatic heterocycles. The molecule has 0 aliphatic carbocycles. The maximum absolute atomic E-state index is 8.94. The largest absolute Gasteiger partial charge is 0.395 e. The zero-order valence-electron chi connectivity index (χ0n) is 9.35. The van der Waals surface area contributed by atoms with Crippen molar-refractivity contribution >= 4 is 10.8 Å². The summed E-state index contributed by atoms with van der Waals surface area (Å²) in [6, 6.07) is 10.3. The van der Waals surface area contributed by atoms with Gasteiger partial charge in [0, 0.05) is 24.2 Å². The van der Waals surface area contributed by atoms with E-state index in [4.69, 9.17) is 5.11 Å². The van der Waals surface area contributed by atoms with E-state index in [1.165, 1.54) is 10.8 Å². The number of fused-ring (bicyclic) bond motifs is 1. The van der Waals surface area contributed by atoms with Gasteiger partial charge in [-0.3, -0.25) is 4.98 Å². The molecule has 0 bridgehead atoms. The Morgan fingerprint density at radius 1 is 1.31 bits per heavy atom. The number of rotatable bonds is 4. The van der Waals surface area contributed by atoms with Gasteiger partial charge in [-0.1, -0.05) is 24.3 Å². The van der Waals surface area contributed by atoms with E-state index in [9.17, 15) is 0 Å². The molecule has 0 radical (unpaired) electrons. The molecule has 2 rings (SSSR count). The lowest BCUT2D eigenvalue weighted by Crippen LogP contribution is -2.29. The molecule has 2 N–H and O–H groups in total. The average molecular weight is 216 g/mol. The van der Waals surface area contributed by atoms with Crippen molar-refractivity contribution in [2.24, 2.45) is 0 Å². The zero-order chi connectivity index (χ0) is 11.4. The Morgan fingerprint density at radius 3 is 2.94 bits per heavy atom. The monoisotopic (exact) mass is 216 g/mol. The Morgan fingerprint density at radius 2 is 2.12 bits per heavy atom. The van der Waals surface area contributed by atoms with Crippen LogP contribution < -0.4 is 5.32 Å². The molecule has 1 heterocycles. The van der Waals surface area contributed by atoms with Gasteiger partial charge in [-0.2, -0.15) is 0 Å². The third-order valence-corrected chi connectivity index (χ3v) is 2.65. The van der Waals surface area contributed by atoms with Gasteiger partial charge in [0.25, 0.3) is 0 Å². The van der Waals surface area contributed by atoms with E-state index in [0.29, 0.717) is 6.54 Å². The predicted octanol–water partition coefficient (Wildman–Crippen LogP) is 1.71. The van der Waals surface area contributed by atoms with Gasteiger partial charge < -0.3 is 10.4 Å². The van der Waals surface area contributed by atoms with E-state index in [2.05, 4.69) is 22.4 Å². The predicted molar refractivity (Wildman–Crippen MR) is 65.1 cm³/mol. The van der Waals surface area contributed by atoms with Gasteiger partial charge in [0.15, 0.2) is 0 Å². The molecule has 1 unspecified atom stereocenters. The molecule has 3 nitrogen and oxygen atoms in total. The van der Waals surface area contributed by atoms with Crippen LogP contribution in [0.15, 0.2) is 36.5 Å². The van der Waals surface area contributed by atoms with Crippen molar-refractivity contribution in [3.05, 3.63) is 42.2 Å². The van der Waals surface area contributed by atoms with Gasteiger partial charge in [0.2, 0.25) is 0 Å². The van der Waals surface area contributed by atoms with Crippen LogP contribution >= 0.6 is 0 Å². The Labute approximate surface area is 95.1 Å². The molecule has 3 heteroatoms. The van der Waals surface area contributed by atoms with Gasteiger partial charge in [-0.05, 0) is 18.4 Å². The fraction of sp³-hybridized carbons (Fsp3) is 0.308. The van der Waals surface area contributed by atoms with Crippen LogP contribution in [-0.2, 0) is 6.54 Å². The second kappa shape index (κ2) is 5.05. The van der Waals surface area contributed by atoms with Crippen LogP contribution in [0, 0.1) is 0 Å². The lowest BCUT2D eigenvalue weighted by Gasteiger charge is -2.11. The molecule has 1 atom stereocenters. The second-order valence-corrected chi connectivity index (χ2v) is 3.94. The van der Waals surface area contributed by atoms with Gasteiger partial charge >= 0.3 is 0 Å². The summed E-state index contributed by atoms with van der Waals surface area (Å²) in [6.07, 6.45) is 1.82. The molecule has 16 heavy (non-hydrogen) atoms. The summed E-state index contributed by atoms with van der Waals surface area (Å²) in [7, 11) is 0. The van der Waals surface area contributed by atoms with Crippen LogP contribution in [-0.4, -0.2) is 22.7 Å². The minimum Gasteiger partial charge on any atom is -0.395 e. The number of pyridine rings is 1. The van der Waals surface area contributed by atoms with Crippen molar-refractivity contribution in [2.75, 3.05) is 6.61 Å². The summed E-state index contributed by atoms with van der Waals surface area (Å²) in [5.41, 5.74) is 1.03. The second-order valence-electron chi connectivity index (χ2n) is 3.94. The Bertz CT molecular complexity index is 465. The van der Waals surface area contributed by atoms with Crippen molar-refractivity contribution in [3.8, 4) is 0 Å². The van der Waals surface area contributed by atoms with Crippen LogP contribution in [0.5, 0.6) is 0 Å². The number of hydrogen-bond donors (Lipinski definition) is 2. The van der Waals surface area contributed by atoms with Crippen molar-refractivity contribution in [1.29, 1.82) is 0 Å². The summed E-state index contributed by atoms with van der Waals surface area (Å²) < 4.78 is 0. The average Bonchev–Trinajstić information content (AvgIpc) is 2.35. The van der Waals surface area contributed by atoms with Crippen LogP contribution in [0.3, 0.4) is 0 Å². The van der Waals surface area contributed by atoms with Crippen LogP contribution in [0.2, 0.25) is 0 Å². The van der Waals surface area contributed by atoms with Crippen molar-refractivity contribution in [2.45, 2.75) is 19.5 Å². The molecule has 0 fully saturated rings. The SMILES string of the molecule is CC(CO)NCc1nccc2ccccc12. The molecular formula is C13H16N2O. The first-order valence-electron chi connectivity index (χ1n) is 5.48. The highest BCUT2D eigenvalue weighted by Gasteiger charge is 2.03. The standard InChI is InChI=1S/C13H16N2O/c1-10(9-16)15-8-13-12-5-3-2-4-11(12)6-7-14-13/h2-7,10,15-16H,8-9H2,1H3. The molecule has 0 aliphatic rings. The topological polar surface area (TPSA) is 45.1 Å². The molecule has 0 aliphatic heterocycles. The minimum atomic E-state index is 0.0979. The normalized spacial score (nSPS) is 12.9. The molecule has 0 saturated carbocycles. The van der Waals surface area contributed by atoms with E-state index in [1.54, 1.807) is 0 Å². The number of aliphatic hydroxyl groups is 1. The van der Waals surface area contributed by atoms with E-state index in [0.717, 1.165) is 5.69 Å². The summed E-state index contributed by atoms with van der Waals surface area (Å²) >= 11 is 0. The quantitative estimate of drug-likeness (QED) is 0.817. The zero-order valence-corrected chi connectivity index (χ0v) is 9.35. The number of nitrogens with one attached hydrogen (secondary N) is 1. The molecular weight excluding hydrogens is 200 g/mol. The highest BCUT2D eigenvalue weighted by atomic mass is 16.3. The Balaban J connectivity index is 2.23. The maximum Gasteiger partial charge on any atom is 0.0619 e. The van der Waals surface area contributed by atoms with Crippen molar-refractivity contribution in [1.82, 2.24) is 10.3 Å². The maximum atomic E-state index is 8.94. The van der Waals surface area contributed by atoms with Crippen molar-refractivity contribution < 1.29 is 5.11 Å². The first-order valence-corrected chi connectivity index (χ1v) is 5.48. The smallest absolute Gasteiger partial charge is 0.0619 e. The minimum absolute atomic E-state index is 0.0979. The molecule has 84 valence electrons. The first-order chi connectivity index (χ1) is 7.81. The van der Waals surface area contributed by atoms with Gasteiger partial charge in [-0.25, -0.2) is 0 Å². The fourth-order valence-electron chi connectivity index (χ4n) is 1.66. The van der Waals surface area contributed by atoms with Crippen LogP contribution in [0.1, 0.15) is 12.6 Å². The van der Waals surface area contributed by atoms with Gasteiger partial charge in [0.05, 0.1) is 12.3 Å². The third-order valence-electron chi connectivity index (χ3n) is 2.65. The highest BCUT2D eigenvalue weighted by Crippen LogP contribution is 2.15. The first kappa shape index (κ1) is 11.0. The van der Waals surface area contributed by atoms with E-state index in [1.807, 2.05) is 31.3 Å². The molecule has 0 saturated heterocycles. The van der Waals surface area contributed by atoms with Gasteiger partial charge in [-0.15, -0.1) is 0 Å². The Hall–Kier alpha value is -1.45. The molecule has 0 spiro atoms. The molecule has 1 aromatic carbocycles. The van der Waals surface area contributed by atoms with Crippen molar-refractivity contribution in [3.63, 3.8) is 0 Å². The van der Waals surface area contributed by atoms with Crippen LogP contribution in [0.25, 0.3) is 10.8 Å². The van der Waals surface area contributed by atoms with Crippen LogP contribution in [0.4, 0.5) is 0 Å². The third kappa shape index (κ3) is 2.38. The highest BCUT2D eigenvalue weighted by molar-refractivity contribution is 5.84. The Kier molecular flexibility index (Phi) is 3.49. The summed E-state index contributed by atoms with van der Waals surface area (Å²) in [5, 5.41) is 14.5. The number of aliphatic hydroxyl groups excluding tert-OH is 1.